The third kappa shape index (κ3) is 3.50. The molecule has 8 heteroatoms. The van der Waals surface area contributed by atoms with Crippen molar-refractivity contribution in [1.29, 1.82) is 5.26 Å². The lowest BCUT2D eigenvalue weighted by atomic mass is 10.2. The molecule has 0 unspecified atom stereocenters. The molecule has 2 aromatic rings. The summed E-state index contributed by atoms with van der Waals surface area (Å²) in [5, 5.41) is 8.95. The molecule has 2 aromatic carbocycles. The first kappa shape index (κ1) is 16.1. The Balaban J connectivity index is 2.52. The van der Waals surface area contributed by atoms with Crippen molar-refractivity contribution in [3.63, 3.8) is 0 Å². The molecule has 0 saturated carbocycles. The molecule has 0 radical (unpaired) electrons. The Bertz CT molecular complexity index is 824. The number of para-hydroxylation sites is 1. The summed E-state index contributed by atoms with van der Waals surface area (Å²) < 4.78 is 27.7. The first-order valence-electron chi connectivity index (χ1n) is 5.51. The zero-order chi connectivity index (χ0) is 15.6. The zero-order valence-corrected chi connectivity index (χ0v) is 14.2. The Labute approximate surface area is 140 Å². The van der Waals surface area contributed by atoms with Gasteiger partial charge in [-0.15, -0.1) is 0 Å². The van der Waals surface area contributed by atoms with Crippen LogP contribution in [0.5, 0.6) is 0 Å². The van der Waals surface area contributed by atoms with E-state index < -0.39 is 10.0 Å². The van der Waals surface area contributed by atoms with Crippen molar-refractivity contribution in [3.8, 4) is 6.07 Å². The van der Waals surface area contributed by atoms with Crippen LogP contribution < -0.4 is 4.72 Å². The van der Waals surface area contributed by atoms with Crippen molar-refractivity contribution in [2.24, 2.45) is 0 Å². The van der Waals surface area contributed by atoms with Crippen molar-refractivity contribution in [3.05, 3.63) is 56.5 Å². The van der Waals surface area contributed by atoms with E-state index in [0.29, 0.717) is 4.47 Å². The van der Waals surface area contributed by atoms with Gasteiger partial charge in [0.15, 0.2) is 0 Å². The average Bonchev–Trinajstić information content (AvgIpc) is 2.37. The molecule has 0 bridgehead atoms. The smallest absolute Gasteiger partial charge is 0.264 e. The molecule has 108 valence electrons. The van der Waals surface area contributed by atoms with Crippen LogP contribution in [0.2, 0.25) is 10.0 Å². The van der Waals surface area contributed by atoms with Crippen LogP contribution >= 0.6 is 39.1 Å². The maximum atomic E-state index is 12.4. The SMILES string of the molecule is N#Cc1ccccc1NS(=O)(=O)c1c(Cl)cc(Br)cc1Cl. The number of rotatable bonds is 3. The van der Waals surface area contributed by atoms with Gasteiger partial charge in [-0.05, 0) is 24.3 Å². The fourth-order valence-electron chi connectivity index (χ4n) is 1.65. The van der Waals surface area contributed by atoms with Gasteiger partial charge in [0, 0.05) is 4.47 Å². The number of halogens is 3. The largest absolute Gasteiger partial charge is 0.278 e. The van der Waals surface area contributed by atoms with Gasteiger partial charge in [-0.1, -0.05) is 51.3 Å². The maximum Gasteiger partial charge on any atom is 0.264 e. The fraction of sp³-hybridized carbons (Fsp3) is 0. The summed E-state index contributed by atoms with van der Waals surface area (Å²) in [6.45, 7) is 0. The second kappa shape index (κ2) is 6.24. The van der Waals surface area contributed by atoms with Crippen LogP contribution in [0.4, 0.5) is 5.69 Å². The predicted octanol–water partition coefficient (Wildman–Crippen LogP) is 4.43. The molecule has 0 heterocycles. The van der Waals surface area contributed by atoms with E-state index in [9.17, 15) is 8.42 Å². The van der Waals surface area contributed by atoms with E-state index in [1.165, 1.54) is 24.3 Å². The molecule has 0 atom stereocenters. The van der Waals surface area contributed by atoms with Crippen molar-refractivity contribution in [1.82, 2.24) is 0 Å². The van der Waals surface area contributed by atoms with Gasteiger partial charge < -0.3 is 0 Å². The fourth-order valence-corrected chi connectivity index (χ4v) is 4.67. The Morgan fingerprint density at radius 2 is 1.71 bits per heavy atom. The van der Waals surface area contributed by atoms with Crippen molar-refractivity contribution in [2.75, 3.05) is 4.72 Å². The van der Waals surface area contributed by atoms with E-state index in [2.05, 4.69) is 20.7 Å². The summed E-state index contributed by atoms with van der Waals surface area (Å²) in [4.78, 5) is -0.234. The van der Waals surface area contributed by atoms with Crippen molar-refractivity contribution < 1.29 is 8.42 Å². The van der Waals surface area contributed by atoms with Crippen LogP contribution in [0.15, 0.2) is 45.8 Å². The summed E-state index contributed by atoms with van der Waals surface area (Å²) in [5.74, 6) is 0. The molecule has 0 fully saturated rings. The molecular weight excluding hydrogens is 399 g/mol. The van der Waals surface area contributed by atoms with Gasteiger partial charge in [-0.3, -0.25) is 4.72 Å². The van der Waals surface area contributed by atoms with Gasteiger partial charge in [0.1, 0.15) is 11.0 Å². The van der Waals surface area contributed by atoms with Gasteiger partial charge in [0.25, 0.3) is 10.0 Å². The number of sulfonamides is 1. The molecule has 0 aromatic heterocycles. The summed E-state index contributed by atoms with van der Waals surface area (Å²) >= 11 is 15.1. The highest BCUT2D eigenvalue weighted by molar-refractivity contribution is 9.10. The van der Waals surface area contributed by atoms with Crippen LogP contribution in [-0.4, -0.2) is 8.42 Å². The van der Waals surface area contributed by atoms with E-state index in [0.717, 1.165) is 0 Å². The topological polar surface area (TPSA) is 70.0 Å². The lowest BCUT2D eigenvalue weighted by Crippen LogP contribution is -2.15. The van der Waals surface area contributed by atoms with Gasteiger partial charge in [0.2, 0.25) is 0 Å². The summed E-state index contributed by atoms with van der Waals surface area (Å²) in [5.41, 5.74) is 0.362. The highest BCUT2D eigenvalue weighted by Gasteiger charge is 2.23. The molecule has 0 amide bonds. The minimum Gasteiger partial charge on any atom is -0.278 e. The first-order valence-corrected chi connectivity index (χ1v) is 8.55. The van der Waals surface area contributed by atoms with Gasteiger partial charge in [-0.25, -0.2) is 8.42 Å². The molecule has 0 aliphatic carbocycles. The van der Waals surface area contributed by atoms with Crippen LogP contribution in [0.1, 0.15) is 5.56 Å². The van der Waals surface area contributed by atoms with Crippen LogP contribution in [0, 0.1) is 11.3 Å². The van der Waals surface area contributed by atoms with E-state index in [1.807, 2.05) is 6.07 Å². The number of anilines is 1. The Kier molecular flexibility index (Phi) is 4.79. The molecule has 2 rings (SSSR count). The average molecular weight is 406 g/mol. The van der Waals surface area contributed by atoms with Gasteiger partial charge in [-0.2, -0.15) is 5.26 Å². The molecule has 0 spiro atoms. The third-order valence-corrected chi connectivity index (χ3v) is 5.27. The normalized spacial score (nSPS) is 11.0. The number of benzene rings is 2. The number of nitrogens with zero attached hydrogens (tertiary/aromatic N) is 1. The lowest BCUT2D eigenvalue weighted by molar-refractivity contribution is 0.601. The lowest BCUT2D eigenvalue weighted by Gasteiger charge is -2.12. The van der Waals surface area contributed by atoms with Gasteiger partial charge in [0.05, 0.1) is 21.3 Å². The van der Waals surface area contributed by atoms with E-state index in [4.69, 9.17) is 28.5 Å². The Morgan fingerprint density at radius 3 is 2.29 bits per heavy atom. The standard InChI is InChI=1S/C13H7BrCl2N2O2S/c14-9-5-10(15)13(11(16)6-9)21(19,20)18-12-4-2-1-3-8(12)7-17/h1-6,18H. The van der Waals surface area contributed by atoms with Crippen molar-refractivity contribution >= 4 is 54.8 Å². The maximum absolute atomic E-state index is 12.4. The first-order chi connectivity index (χ1) is 9.85. The van der Waals surface area contributed by atoms with E-state index in [1.54, 1.807) is 12.1 Å². The molecule has 1 N–H and O–H groups in total. The molecule has 0 saturated heterocycles. The summed E-state index contributed by atoms with van der Waals surface area (Å²) in [6.07, 6.45) is 0. The predicted molar refractivity (Wildman–Crippen MR) is 86.1 cm³/mol. The Morgan fingerprint density at radius 1 is 1.14 bits per heavy atom. The molecular formula is C13H7BrCl2N2O2S. The molecule has 4 nitrogen and oxygen atoms in total. The minimum absolute atomic E-state index is 0.0173. The number of hydrogen-bond acceptors (Lipinski definition) is 3. The summed E-state index contributed by atoms with van der Waals surface area (Å²) in [6, 6.07) is 11.0. The van der Waals surface area contributed by atoms with E-state index >= 15 is 0 Å². The third-order valence-electron chi connectivity index (χ3n) is 2.52. The van der Waals surface area contributed by atoms with Crippen molar-refractivity contribution in [2.45, 2.75) is 4.90 Å². The zero-order valence-electron chi connectivity index (χ0n) is 10.3. The molecule has 21 heavy (non-hydrogen) atoms. The number of nitriles is 1. The summed E-state index contributed by atoms with van der Waals surface area (Å²) in [7, 11) is -4.01. The van der Waals surface area contributed by atoms with E-state index in [-0.39, 0.29) is 26.2 Å². The van der Waals surface area contributed by atoms with Crippen LogP contribution in [-0.2, 0) is 10.0 Å². The highest BCUT2D eigenvalue weighted by Crippen LogP contribution is 2.34. The quantitative estimate of drug-likeness (QED) is 0.820. The Hall–Kier alpha value is -1.26. The van der Waals surface area contributed by atoms with Crippen LogP contribution in [0.3, 0.4) is 0 Å². The second-order valence-corrected chi connectivity index (χ2v) is 7.31. The number of nitrogens with one attached hydrogen (secondary N) is 1. The monoisotopic (exact) mass is 404 g/mol. The second-order valence-electron chi connectivity index (χ2n) is 3.96. The molecule has 0 aliphatic rings. The highest BCUT2D eigenvalue weighted by atomic mass is 79.9. The van der Waals surface area contributed by atoms with Gasteiger partial charge >= 0.3 is 0 Å². The number of hydrogen-bond donors (Lipinski definition) is 1. The minimum atomic E-state index is -4.01. The molecule has 0 aliphatic heterocycles. The van der Waals surface area contributed by atoms with Crippen LogP contribution in [0.25, 0.3) is 0 Å².